The second-order valence-electron chi connectivity index (χ2n) is 4.50. The maximum atomic E-state index is 9.75. The zero-order valence-electron chi connectivity index (χ0n) is 8.91. The number of benzene rings is 1. The van der Waals surface area contributed by atoms with Crippen LogP contribution in [0, 0.1) is 0 Å². The van der Waals surface area contributed by atoms with Crippen molar-refractivity contribution in [2.45, 2.75) is 25.8 Å². The Balaban J connectivity index is 2.33. The summed E-state index contributed by atoms with van der Waals surface area (Å²) in [6.07, 6.45) is 0.593. The molecule has 3 N–H and O–H groups in total. The Morgan fingerprint density at radius 1 is 1.33 bits per heavy atom. The van der Waals surface area contributed by atoms with Crippen molar-refractivity contribution in [1.82, 2.24) is 0 Å². The van der Waals surface area contributed by atoms with Crippen LogP contribution in [-0.4, -0.2) is 17.4 Å². The average Bonchev–Trinajstić information content (AvgIpc) is 2.49. The summed E-state index contributed by atoms with van der Waals surface area (Å²) in [6, 6.07) is 3.36. The van der Waals surface area contributed by atoms with Crippen LogP contribution >= 0.6 is 0 Å². The van der Waals surface area contributed by atoms with E-state index in [0.717, 1.165) is 5.56 Å². The molecule has 0 fully saturated rings. The number of rotatable bonds is 2. The summed E-state index contributed by atoms with van der Waals surface area (Å²) < 4.78 is 10.4. The molecule has 0 aliphatic carbocycles. The standard InChI is InChI=1S/C11H15NO3/c1-11(2,12)5-7-3-9-10(4-8(7)13)15-6-14-9/h3-4,13H,5-6,12H2,1-2H3. The number of aromatic hydroxyl groups is 1. The molecule has 1 aromatic carbocycles. The van der Waals surface area contributed by atoms with Crippen molar-refractivity contribution in [2.24, 2.45) is 5.73 Å². The highest BCUT2D eigenvalue weighted by molar-refractivity contribution is 5.51. The Morgan fingerprint density at radius 3 is 2.53 bits per heavy atom. The van der Waals surface area contributed by atoms with E-state index in [-0.39, 0.29) is 18.1 Å². The van der Waals surface area contributed by atoms with Crippen LogP contribution in [0.3, 0.4) is 0 Å². The lowest BCUT2D eigenvalue weighted by atomic mass is 9.95. The van der Waals surface area contributed by atoms with E-state index >= 15 is 0 Å². The molecule has 4 heteroatoms. The molecular formula is C11H15NO3. The highest BCUT2D eigenvalue weighted by Crippen LogP contribution is 2.38. The maximum absolute atomic E-state index is 9.75. The minimum absolute atomic E-state index is 0.206. The predicted molar refractivity (Wildman–Crippen MR) is 56.2 cm³/mol. The largest absolute Gasteiger partial charge is 0.508 e. The third-order valence-electron chi connectivity index (χ3n) is 2.22. The molecule has 0 spiro atoms. The fourth-order valence-corrected chi connectivity index (χ4v) is 1.61. The highest BCUT2D eigenvalue weighted by atomic mass is 16.7. The van der Waals surface area contributed by atoms with Crippen LogP contribution in [0.25, 0.3) is 0 Å². The van der Waals surface area contributed by atoms with Crippen LogP contribution in [0.4, 0.5) is 0 Å². The van der Waals surface area contributed by atoms with Crippen LogP contribution in [0.1, 0.15) is 19.4 Å². The SMILES string of the molecule is CC(C)(N)Cc1cc2c(cc1O)OCO2. The van der Waals surface area contributed by atoms with Crippen molar-refractivity contribution < 1.29 is 14.6 Å². The molecule has 0 bridgehead atoms. The first kappa shape index (κ1) is 10.1. The van der Waals surface area contributed by atoms with Gasteiger partial charge in [-0.2, -0.15) is 0 Å². The van der Waals surface area contributed by atoms with Gasteiger partial charge in [0.05, 0.1) is 0 Å². The second kappa shape index (κ2) is 3.31. The van der Waals surface area contributed by atoms with Gasteiger partial charge in [0, 0.05) is 11.6 Å². The van der Waals surface area contributed by atoms with Gasteiger partial charge in [-0.05, 0) is 31.9 Å². The van der Waals surface area contributed by atoms with Gasteiger partial charge >= 0.3 is 0 Å². The van der Waals surface area contributed by atoms with Gasteiger partial charge in [0.15, 0.2) is 11.5 Å². The topological polar surface area (TPSA) is 64.7 Å². The fourth-order valence-electron chi connectivity index (χ4n) is 1.61. The monoisotopic (exact) mass is 209 g/mol. The molecule has 1 heterocycles. The van der Waals surface area contributed by atoms with Crippen molar-refractivity contribution in [2.75, 3.05) is 6.79 Å². The van der Waals surface area contributed by atoms with E-state index in [0.29, 0.717) is 17.9 Å². The highest BCUT2D eigenvalue weighted by Gasteiger charge is 2.20. The van der Waals surface area contributed by atoms with Crippen molar-refractivity contribution in [3.05, 3.63) is 17.7 Å². The summed E-state index contributed by atoms with van der Waals surface area (Å²) in [5.41, 5.74) is 6.33. The Bertz CT molecular complexity index is 382. The molecular weight excluding hydrogens is 194 g/mol. The number of phenols is 1. The number of ether oxygens (including phenoxy) is 2. The van der Waals surface area contributed by atoms with E-state index in [2.05, 4.69) is 0 Å². The Labute approximate surface area is 88.6 Å². The minimum Gasteiger partial charge on any atom is -0.508 e. The third-order valence-corrected chi connectivity index (χ3v) is 2.22. The van der Waals surface area contributed by atoms with Gasteiger partial charge in [-0.25, -0.2) is 0 Å². The maximum Gasteiger partial charge on any atom is 0.231 e. The van der Waals surface area contributed by atoms with E-state index in [1.807, 2.05) is 13.8 Å². The lowest BCUT2D eigenvalue weighted by Crippen LogP contribution is -2.34. The second-order valence-corrected chi connectivity index (χ2v) is 4.50. The molecule has 0 radical (unpaired) electrons. The molecule has 1 aliphatic heterocycles. The summed E-state index contributed by atoms with van der Waals surface area (Å²) in [5.74, 6) is 1.47. The summed E-state index contributed by atoms with van der Waals surface area (Å²) in [5, 5.41) is 9.75. The van der Waals surface area contributed by atoms with E-state index < -0.39 is 0 Å². The molecule has 0 amide bonds. The van der Waals surface area contributed by atoms with E-state index in [1.54, 1.807) is 12.1 Å². The average molecular weight is 209 g/mol. The Kier molecular flexibility index (Phi) is 2.23. The quantitative estimate of drug-likeness (QED) is 0.772. The van der Waals surface area contributed by atoms with Crippen LogP contribution in [0.15, 0.2) is 12.1 Å². The molecule has 0 unspecified atom stereocenters. The molecule has 1 aromatic rings. The Hall–Kier alpha value is -1.42. The first-order valence-corrected chi connectivity index (χ1v) is 4.86. The van der Waals surface area contributed by atoms with Crippen LogP contribution < -0.4 is 15.2 Å². The summed E-state index contributed by atoms with van der Waals surface area (Å²) in [4.78, 5) is 0. The lowest BCUT2D eigenvalue weighted by Gasteiger charge is -2.19. The molecule has 0 saturated carbocycles. The summed E-state index contributed by atoms with van der Waals surface area (Å²) in [7, 11) is 0. The number of phenolic OH excluding ortho intramolecular Hbond substituents is 1. The van der Waals surface area contributed by atoms with E-state index in [4.69, 9.17) is 15.2 Å². The molecule has 15 heavy (non-hydrogen) atoms. The van der Waals surface area contributed by atoms with Crippen molar-refractivity contribution >= 4 is 0 Å². The zero-order valence-corrected chi connectivity index (χ0v) is 8.91. The smallest absolute Gasteiger partial charge is 0.231 e. The molecule has 2 rings (SSSR count). The summed E-state index contributed by atoms with van der Waals surface area (Å²) >= 11 is 0. The zero-order chi connectivity index (χ0) is 11.1. The summed E-state index contributed by atoms with van der Waals surface area (Å²) in [6.45, 7) is 4.04. The first-order chi connectivity index (χ1) is 6.96. The van der Waals surface area contributed by atoms with Gasteiger partial charge < -0.3 is 20.3 Å². The van der Waals surface area contributed by atoms with E-state index in [1.165, 1.54) is 0 Å². The van der Waals surface area contributed by atoms with Gasteiger partial charge in [-0.3, -0.25) is 0 Å². The molecule has 0 saturated heterocycles. The van der Waals surface area contributed by atoms with Crippen molar-refractivity contribution in [1.29, 1.82) is 0 Å². The van der Waals surface area contributed by atoms with Crippen LogP contribution in [-0.2, 0) is 6.42 Å². The lowest BCUT2D eigenvalue weighted by molar-refractivity contribution is 0.174. The molecule has 82 valence electrons. The van der Waals surface area contributed by atoms with Gasteiger partial charge in [0.2, 0.25) is 6.79 Å². The molecule has 0 aromatic heterocycles. The number of hydrogen-bond donors (Lipinski definition) is 2. The number of nitrogens with two attached hydrogens (primary N) is 1. The number of hydrogen-bond acceptors (Lipinski definition) is 4. The normalized spacial score (nSPS) is 14.3. The Morgan fingerprint density at radius 2 is 1.93 bits per heavy atom. The van der Waals surface area contributed by atoms with Crippen molar-refractivity contribution in [3.8, 4) is 17.2 Å². The van der Waals surface area contributed by atoms with E-state index in [9.17, 15) is 5.11 Å². The van der Waals surface area contributed by atoms with Crippen LogP contribution in [0.5, 0.6) is 17.2 Å². The minimum atomic E-state index is -0.356. The molecule has 1 aliphatic rings. The molecule has 4 nitrogen and oxygen atoms in total. The predicted octanol–water partition coefficient (Wildman–Crippen LogP) is 1.40. The number of fused-ring (bicyclic) bond motifs is 1. The van der Waals surface area contributed by atoms with Crippen LogP contribution in [0.2, 0.25) is 0 Å². The fraction of sp³-hybridized carbons (Fsp3) is 0.455. The van der Waals surface area contributed by atoms with Crippen molar-refractivity contribution in [3.63, 3.8) is 0 Å². The molecule has 0 atom stereocenters. The van der Waals surface area contributed by atoms with Gasteiger partial charge in [0.25, 0.3) is 0 Å². The first-order valence-electron chi connectivity index (χ1n) is 4.86. The van der Waals surface area contributed by atoms with Gasteiger partial charge in [0.1, 0.15) is 5.75 Å². The third kappa shape index (κ3) is 2.15. The van der Waals surface area contributed by atoms with Gasteiger partial charge in [-0.15, -0.1) is 0 Å². The van der Waals surface area contributed by atoms with Gasteiger partial charge in [-0.1, -0.05) is 0 Å².